The van der Waals surface area contributed by atoms with Crippen molar-refractivity contribution in [2.75, 3.05) is 14.2 Å². The van der Waals surface area contributed by atoms with Gasteiger partial charge in [-0.3, -0.25) is 4.79 Å². The molecule has 4 nitrogen and oxygen atoms in total. The summed E-state index contributed by atoms with van der Waals surface area (Å²) in [5, 5.41) is 0. The van der Waals surface area contributed by atoms with Crippen LogP contribution in [0.5, 0.6) is 11.5 Å². The lowest BCUT2D eigenvalue weighted by Crippen LogP contribution is -1.98. The number of hydrogen-bond acceptors (Lipinski definition) is 4. The van der Waals surface area contributed by atoms with Crippen LogP contribution in [-0.4, -0.2) is 20.7 Å². The van der Waals surface area contributed by atoms with Crippen molar-refractivity contribution in [1.29, 1.82) is 0 Å². The summed E-state index contributed by atoms with van der Waals surface area (Å²) < 4.78 is 15.0. The molecule has 0 aliphatic heterocycles. The van der Waals surface area contributed by atoms with Gasteiger partial charge in [0.1, 0.15) is 17.6 Å². The Morgan fingerprint density at radius 2 is 1.36 bits per heavy atom. The molecule has 0 spiro atoms. The molecule has 0 N–H and O–H groups in total. The zero-order valence-electron chi connectivity index (χ0n) is 16.7. The third-order valence-electron chi connectivity index (χ3n) is 4.30. The molecule has 0 aromatic heterocycles. The SMILES string of the molecule is COc1ccc(-c2ccc(C)cc2)cc1.COc1cccc(C(C)OC=O)c1. The van der Waals surface area contributed by atoms with Crippen molar-refractivity contribution in [2.45, 2.75) is 20.0 Å². The van der Waals surface area contributed by atoms with Crippen molar-refractivity contribution in [1.82, 2.24) is 0 Å². The van der Waals surface area contributed by atoms with Gasteiger partial charge in [0.05, 0.1) is 14.2 Å². The van der Waals surface area contributed by atoms with Crippen LogP contribution in [0.25, 0.3) is 11.1 Å². The van der Waals surface area contributed by atoms with E-state index >= 15 is 0 Å². The first-order valence-corrected chi connectivity index (χ1v) is 9.01. The van der Waals surface area contributed by atoms with Crippen LogP contribution in [0.1, 0.15) is 24.2 Å². The molecule has 1 unspecified atom stereocenters. The van der Waals surface area contributed by atoms with Crippen LogP contribution in [0.2, 0.25) is 0 Å². The lowest BCUT2D eigenvalue weighted by Gasteiger charge is -2.10. The molecule has 3 aromatic carbocycles. The number of rotatable bonds is 6. The fourth-order valence-corrected chi connectivity index (χ4v) is 2.59. The van der Waals surface area contributed by atoms with E-state index in [4.69, 9.17) is 14.2 Å². The first kappa shape index (κ1) is 21.0. The number of aryl methyl sites for hydroxylation is 1. The van der Waals surface area contributed by atoms with E-state index in [2.05, 4.69) is 43.3 Å². The van der Waals surface area contributed by atoms with Crippen molar-refractivity contribution < 1.29 is 19.0 Å². The van der Waals surface area contributed by atoms with E-state index in [-0.39, 0.29) is 6.10 Å². The molecule has 0 heterocycles. The Kier molecular flexibility index (Phi) is 8.10. The Balaban J connectivity index is 0.000000203. The van der Waals surface area contributed by atoms with Crippen molar-refractivity contribution in [2.24, 2.45) is 0 Å². The van der Waals surface area contributed by atoms with E-state index in [1.54, 1.807) is 14.2 Å². The smallest absolute Gasteiger partial charge is 0.293 e. The van der Waals surface area contributed by atoms with Gasteiger partial charge in [-0.05, 0) is 54.8 Å². The summed E-state index contributed by atoms with van der Waals surface area (Å²) >= 11 is 0. The first-order chi connectivity index (χ1) is 13.6. The largest absolute Gasteiger partial charge is 0.497 e. The Bertz CT molecular complexity index is 855. The molecule has 1 atom stereocenters. The zero-order chi connectivity index (χ0) is 20.4. The van der Waals surface area contributed by atoms with Crippen molar-refractivity contribution in [3.05, 3.63) is 83.9 Å². The fraction of sp³-hybridized carbons (Fsp3) is 0.208. The van der Waals surface area contributed by atoms with Crippen molar-refractivity contribution in [3.8, 4) is 22.6 Å². The molecule has 0 saturated carbocycles. The van der Waals surface area contributed by atoms with Gasteiger partial charge in [0.15, 0.2) is 0 Å². The molecule has 3 rings (SSSR count). The Morgan fingerprint density at radius 3 is 1.89 bits per heavy atom. The standard InChI is InChI=1S/C14H14O.C10H12O3/c1-11-3-5-12(6-4-11)13-7-9-14(15-2)10-8-13;1-8(13-7-11)9-4-3-5-10(6-9)12-2/h3-10H,1-2H3;3-8H,1-2H3. The van der Waals surface area contributed by atoms with Gasteiger partial charge in [0, 0.05) is 0 Å². The maximum atomic E-state index is 10.1. The van der Waals surface area contributed by atoms with E-state index in [9.17, 15) is 4.79 Å². The highest BCUT2D eigenvalue weighted by molar-refractivity contribution is 5.64. The molecule has 0 saturated heterocycles. The van der Waals surface area contributed by atoms with E-state index in [0.717, 1.165) is 17.1 Å². The number of benzene rings is 3. The highest BCUT2D eigenvalue weighted by atomic mass is 16.5. The topological polar surface area (TPSA) is 44.8 Å². The Hall–Kier alpha value is -3.27. The van der Waals surface area contributed by atoms with Crippen LogP contribution in [0.3, 0.4) is 0 Å². The molecule has 0 bridgehead atoms. The first-order valence-electron chi connectivity index (χ1n) is 9.01. The van der Waals surface area contributed by atoms with Gasteiger partial charge in [-0.2, -0.15) is 0 Å². The fourth-order valence-electron chi connectivity index (χ4n) is 2.59. The average Bonchev–Trinajstić information content (AvgIpc) is 2.75. The Morgan fingerprint density at radius 1 is 0.786 bits per heavy atom. The van der Waals surface area contributed by atoms with Gasteiger partial charge < -0.3 is 14.2 Å². The summed E-state index contributed by atoms with van der Waals surface area (Å²) in [7, 11) is 3.28. The minimum atomic E-state index is -0.229. The molecular weight excluding hydrogens is 352 g/mol. The summed E-state index contributed by atoms with van der Waals surface area (Å²) in [5.41, 5.74) is 4.66. The van der Waals surface area contributed by atoms with Gasteiger partial charge in [-0.15, -0.1) is 0 Å². The second-order valence-corrected chi connectivity index (χ2v) is 6.25. The van der Waals surface area contributed by atoms with E-state index in [1.807, 2.05) is 43.3 Å². The number of hydrogen-bond donors (Lipinski definition) is 0. The minimum Gasteiger partial charge on any atom is -0.497 e. The lowest BCUT2D eigenvalue weighted by molar-refractivity contribution is -0.133. The monoisotopic (exact) mass is 378 g/mol. The minimum absolute atomic E-state index is 0.229. The summed E-state index contributed by atoms with van der Waals surface area (Å²) in [6.45, 7) is 4.35. The molecule has 0 aliphatic rings. The van der Waals surface area contributed by atoms with Crippen LogP contribution in [0.4, 0.5) is 0 Å². The second kappa shape index (κ2) is 10.8. The summed E-state index contributed by atoms with van der Waals surface area (Å²) in [6.07, 6.45) is -0.229. The van der Waals surface area contributed by atoms with Gasteiger partial charge in [-0.25, -0.2) is 0 Å². The Labute approximate surface area is 166 Å². The van der Waals surface area contributed by atoms with Gasteiger partial charge >= 0.3 is 0 Å². The van der Waals surface area contributed by atoms with Crippen molar-refractivity contribution in [3.63, 3.8) is 0 Å². The van der Waals surface area contributed by atoms with Crippen molar-refractivity contribution >= 4 is 6.47 Å². The summed E-state index contributed by atoms with van der Waals surface area (Å²) in [5.74, 6) is 1.66. The van der Waals surface area contributed by atoms with Crippen LogP contribution in [0.15, 0.2) is 72.8 Å². The number of methoxy groups -OCH3 is 2. The molecule has 28 heavy (non-hydrogen) atoms. The molecule has 0 fully saturated rings. The molecule has 4 heteroatoms. The van der Waals surface area contributed by atoms with E-state index in [0.29, 0.717) is 6.47 Å². The molecular formula is C24H26O4. The predicted octanol–water partition coefficient (Wildman–Crippen LogP) is 5.60. The lowest BCUT2D eigenvalue weighted by atomic mass is 10.0. The molecule has 0 amide bonds. The normalized spacial score (nSPS) is 10.9. The molecule has 146 valence electrons. The predicted molar refractivity (Wildman–Crippen MR) is 112 cm³/mol. The second-order valence-electron chi connectivity index (χ2n) is 6.25. The van der Waals surface area contributed by atoms with E-state index in [1.165, 1.54) is 16.7 Å². The number of carbonyl (C=O) groups is 1. The van der Waals surface area contributed by atoms with Gasteiger partial charge in [-0.1, -0.05) is 54.1 Å². The highest BCUT2D eigenvalue weighted by Gasteiger charge is 2.05. The summed E-state index contributed by atoms with van der Waals surface area (Å²) in [6, 6.07) is 24.1. The zero-order valence-corrected chi connectivity index (χ0v) is 16.7. The van der Waals surface area contributed by atoms with Crippen LogP contribution < -0.4 is 9.47 Å². The van der Waals surface area contributed by atoms with Crippen LogP contribution in [0, 0.1) is 6.92 Å². The van der Waals surface area contributed by atoms with Crippen LogP contribution >= 0.6 is 0 Å². The number of ether oxygens (including phenoxy) is 3. The third-order valence-corrected chi connectivity index (χ3v) is 4.30. The highest BCUT2D eigenvalue weighted by Crippen LogP contribution is 2.22. The molecule has 3 aromatic rings. The average molecular weight is 378 g/mol. The number of carbonyl (C=O) groups excluding carboxylic acids is 1. The maximum absolute atomic E-state index is 10.1. The quantitative estimate of drug-likeness (QED) is 0.524. The molecule has 0 radical (unpaired) electrons. The third kappa shape index (κ3) is 6.16. The maximum Gasteiger partial charge on any atom is 0.293 e. The molecule has 0 aliphatic carbocycles. The van der Waals surface area contributed by atoms with Gasteiger partial charge in [0.25, 0.3) is 6.47 Å². The van der Waals surface area contributed by atoms with Gasteiger partial charge in [0.2, 0.25) is 0 Å². The van der Waals surface area contributed by atoms with E-state index < -0.39 is 0 Å². The van der Waals surface area contributed by atoms with Crippen LogP contribution in [-0.2, 0) is 9.53 Å². The summed E-state index contributed by atoms with van der Waals surface area (Å²) in [4.78, 5) is 10.1.